The number of nitrogens with zero attached hydrogens (tertiary/aromatic N) is 3. The molecule has 1 saturated carbocycles. The molecule has 2 heterocycles. The SMILES string of the molecule is CN(C)c1nc2nc(-c3ccc(C4([NH3+])CCC4)cc3)c(-c3ccccc3)cc2c[nH+]1.[Cl-].[Cl-]. The Labute approximate surface area is 200 Å². The molecule has 2 aromatic heterocycles. The summed E-state index contributed by atoms with van der Waals surface area (Å²) in [5, 5.41) is 0.992. The summed E-state index contributed by atoms with van der Waals surface area (Å²) < 4.78 is 0. The Morgan fingerprint density at radius 3 is 2.19 bits per heavy atom. The molecule has 4 N–H and O–H groups in total. The van der Waals surface area contributed by atoms with Gasteiger partial charge in [-0.2, -0.15) is 0 Å². The lowest BCUT2D eigenvalue weighted by Crippen LogP contribution is -3.00. The first-order valence-corrected chi connectivity index (χ1v) is 10.5. The molecule has 1 aliphatic carbocycles. The Balaban J connectivity index is 0.00000144. The second-order valence-electron chi connectivity index (χ2n) is 8.49. The van der Waals surface area contributed by atoms with E-state index in [4.69, 9.17) is 9.97 Å². The third kappa shape index (κ3) is 4.29. The first-order chi connectivity index (χ1) is 14.5. The highest BCUT2D eigenvalue weighted by molar-refractivity contribution is 5.89. The number of anilines is 1. The van der Waals surface area contributed by atoms with E-state index >= 15 is 0 Å². The van der Waals surface area contributed by atoms with Crippen LogP contribution in [0.25, 0.3) is 33.4 Å². The number of aromatic nitrogens is 3. The molecule has 0 unspecified atom stereocenters. The summed E-state index contributed by atoms with van der Waals surface area (Å²) in [6, 6.07) is 21.4. The van der Waals surface area contributed by atoms with Crippen LogP contribution in [0.1, 0.15) is 24.8 Å². The number of hydrogen-bond donors (Lipinski definition) is 1. The van der Waals surface area contributed by atoms with Crippen LogP contribution >= 0.6 is 0 Å². The Kier molecular flexibility index (Phi) is 7.03. The fraction of sp³-hybridized carbons (Fsp3) is 0.240. The second-order valence-corrected chi connectivity index (χ2v) is 8.49. The average molecular weight is 468 g/mol. The molecular weight excluding hydrogens is 441 g/mol. The minimum atomic E-state index is 0. The van der Waals surface area contributed by atoms with Crippen molar-refractivity contribution < 1.29 is 35.5 Å². The van der Waals surface area contributed by atoms with Crippen molar-refractivity contribution in [2.45, 2.75) is 24.8 Å². The molecule has 5 rings (SSSR count). The monoisotopic (exact) mass is 467 g/mol. The zero-order chi connectivity index (χ0) is 20.7. The highest BCUT2D eigenvalue weighted by Crippen LogP contribution is 2.38. The molecule has 7 heteroatoms. The lowest BCUT2D eigenvalue weighted by Gasteiger charge is -2.34. The van der Waals surface area contributed by atoms with Gasteiger partial charge in [0.2, 0.25) is 5.65 Å². The van der Waals surface area contributed by atoms with Crippen molar-refractivity contribution in [3.63, 3.8) is 0 Å². The van der Waals surface area contributed by atoms with Crippen LogP contribution in [0.5, 0.6) is 0 Å². The smallest absolute Gasteiger partial charge is 0.393 e. The van der Waals surface area contributed by atoms with Crippen LogP contribution in [0.3, 0.4) is 0 Å². The summed E-state index contributed by atoms with van der Waals surface area (Å²) in [7, 11) is 3.94. The van der Waals surface area contributed by atoms with Crippen LogP contribution in [0.4, 0.5) is 5.95 Å². The van der Waals surface area contributed by atoms with Gasteiger partial charge in [0.05, 0.1) is 31.4 Å². The molecule has 1 fully saturated rings. The molecule has 5 nitrogen and oxygen atoms in total. The highest BCUT2D eigenvalue weighted by Gasteiger charge is 2.38. The Hall–Kier alpha value is -2.73. The minimum absolute atomic E-state index is 0. The van der Waals surface area contributed by atoms with E-state index in [2.05, 4.69) is 65.3 Å². The van der Waals surface area contributed by atoms with E-state index < -0.39 is 0 Å². The number of benzene rings is 2. The van der Waals surface area contributed by atoms with Gasteiger partial charge in [0.25, 0.3) is 0 Å². The lowest BCUT2D eigenvalue weighted by molar-refractivity contribution is -0.509. The first-order valence-electron chi connectivity index (χ1n) is 10.5. The number of halogens is 2. The molecule has 0 amide bonds. The zero-order valence-electron chi connectivity index (χ0n) is 18.3. The summed E-state index contributed by atoms with van der Waals surface area (Å²) in [6.07, 6.45) is 5.59. The molecular formula is C25H27Cl2N5. The number of rotatable bonds is 4. The van der Waals surface area contributed by atoms with Gasteiger partial charge >= 0.3 is 5.95 Å². The Morgan fingerprint density at radius 2 is 1.59 bits per heavy atom. The number of hydrogen-bond acceptors (Lipinski definition) is 3. The predicted molar refractivity (Wildman–Crippen MR) is 120 cm³/mol. The van der Waals surface area contributed by atoms with Gasteiger partial charge in [0, 0.05) is 29.5 Å². The van der Waals surface area contributed by atoms with Gasteiger partial charge < -0.3 is 30.5 Å². The van der Waals surface area contributed by atoms with Crippen LogP contribution in [0.15, 0.2) is 66.9 Å². The number of quaternary nitrogens is 1. The van der Waals surface area contributed by atoms with Gasteiger partial charge in [0.15, 0.2) is 0 Å². The van der Waals surface area contributed by atoms with E-state index in [9.17, 15) is 0 Å². The van der Waals surface area contributed by atoms with Crippen molar-refractivity contribution in [2.75, 3.05) is 19.0 Å². The minimum Gasteiger partial charge on any atom is -1.00 e. The van der Waals surface area contributed by atoms with Gasteiger partial charge in [-0.15, -0.1) is 0 Å². The molecule has 2 aromatic carbocycles. The normalized spacial score (nSPS) is 14.1. The van der Waals surface area contributed by atoms with E-state index in [1.165, 1.54) is 24.8 Å². The van der Waals surface area contributed by atoms with Crippen molar-refractivity contribution in [1.29, 1.82) is 0 Å². The standard InChI is InChI=1S/C25H25N5.2ClH/c1-30(2)24-27-16-19-15-21(17-7-4-3-5-8-17)22(28-23(19)29-24)18-9-11-20(12-10-18)25(26)13-6-14-25;;/h3-5,7-12,15-16H,6,13-14,26H2,1-2H3;2*1H. The molecule has 1 aliphatic rings. The highest BCUT2D eigenvalue weighted by atomic mass is 35.5. The predicted octanol–water partition coefficient (Wildman–Crippen LogP) is -2.53. The van der Waals surface area contributed by atoms with E-state index in [1.54, 1.807) is 0 Å². The van der Waals surface area contributed by atoms with Gasteiger partial charge in [-0.25, -0.2) is 9.97 Å². The molecule has 0 radical (unpaired) electrons. The van der Waals surface area contributed by atoms with Crippen molar-refractivity contribution in [2.24, 2.45) is 0 Å². The molecule has 0 aliphatic heterocycles. The summed E-state index contributed by atoms with van der Waals surface area (Å²) >= 11 is 0. The molecule has 0 atom stereocenters. The van der Waals surface area contributed by atoms with Crippen LogP contribution in [-0.2, 0) is 5.54 Å². The largest absolute Gasteiger partial charge is 1.00 e. The van der Waals surface area contributed by atoms with Crippen molar-refractivity contribution >= 4 is 17.0 Å². The maximum Gasteiger partial charge on any atom is 0.393 e. The molecule has 166 valence electrons. The van der Waals surface area contributed by atoms with Crippen molar-refractivity contribution in [1.82, 2.24) is 9.97 Å². The summed E-state index contributed by atoms with van der Waals surface area (Å²) in [5.41, 5.74) is 10.9. The third-order valence-electron chi connectivity index (χ3n) is 6.19. The molecule has 32 heavy (non-hydrogen) atoms. The van der Waals surface area contributed by atoms with E-state index in [0.717, 1.165) is 39.4 Å². The average Bonchev–Trinajstić information content (AvgIpc) is 2.77. The number of pyridine rings is 1. The van der Waals surface area contributed by atoms with E-state index in [1.807, 2.05) is 31.3 Å². The Morgan fingerprint density at radius 1 is 0.906 bits per heavy atom. The molecule has 0 saturated heterocycles. The summed E-state index contributed by atoms with van der Waals surface area (Å²) in [4.78, 5) is 14.9. The number of fused-ring (bicyclic) bond motifs is 1. The van der Waals surface area contributed by atoms with E-state index in [0.29, 0.717) is 0 Å². The van der Waals surface area contributed by atoms with Crippen LogP contribution in [-0.4, -0.2) is 24.1 Å². The van der Waals surface area contributed by atoms with Crippen LogP contribution in [0.2, 0.25) is 0 Å². The molecule has 4 aromatic rings. The molecule has 0 spiro atoms. The van der Waals surface area contributed by atoms with Gasteiger partial charge in [-0.3, -0.25) is 4.90 Å². The maximum atomic E-state index is 5.02. The summed E-state index contributed by atoms with van der Waals surface area (Å²) in [5.74, 6) is 0.785. The van der Waals surface area contributed by atoms with Crippen LogP contribution < -0.4 is 40.4 Å². The van der Waals surface area contributed by atoms with Gasteiger partial charge in [0.1, 0.15) is 5.54 Å². The quantitative estimate of drug-likeness (QED) is 0.359. The maximum absolute atomic E-state index is 5.02. The number of H-pyrrole nitrogens is 1. The summed E-state index contributed by atoms with van der Waals surface area (Å²) in [6.45, 7) is 0. The van der Waals surface area contributed by atoms with Crippen molar-refractivity contribution in [3.05, 3.63) is 72.4 Å². The van der Waals surface area contributed by atoms with Crippen molar-refractivity contribution in [3.8, 4) is 22.4 Å². The van der Waals surface area contributed by atoms with E-state index in [-0.39, 0.29) is 30.4 Å². The van der Waals surface area contributed by atoms with Crippen LogP contribution in [0, 0.1) is 0 Å². The first kappa shape index (κ1) is 23.9. The number of nitrogens with one attached hydrogen (secondary N) is 1. The third-order valence-corrected chi connectivity index (χ3v) is 6.19. The Bertz CT molecular complexity index is 1210. The van der Waals surface area contributed by atoms with Gasteiger partial charge in [-0.1, -0.05) is 59.6 Å². The fourth-order valence-corrected chi connectivity index (χ4v) is 4.15. The van der Waals surface area contributed by atoms with Gasteiger partial charge in [-0.05, 0) is 18.1 Å². The fourth-order valence-electron chi connectivity index (χ4n) is 4.15. The topological polar surface area (TPSA) is 70.8 Å². The lowest BCUT2D eigenvalue weighted by atomic mass is 9.72. The zero-order valence-corrected chi connectivity index (χ0v) is 19.8. The number of aromatic amines is 1. The second kappa shape index (κ2) is 9.41. The molecule has 0 bridgehead atoms.